The molecule has 10 heteroatoms. The molecule has 7 nitrogen and oxygen atoms in total. The summed E-state index contributed by atoms with van der Waals surface area (Å²) in [7, 11) is 0. The highest BCUT2D eigenvalue weighted by molar-refractivity contribution is 6.07. The average molecular weight is 419 g/mol. The van der Waals surface area contributed by atoms with Gasteiger partial charge in [-0.25, -0.2) is 0 Å². The molecule has 2 N–H and O–H groups in total. The van der Waals surface area contributed by atoms with Crippen molar-refractivity contribution in [3.8, 4) is 0 Å². The topological polar surface area (TPSA) is 93.3 Å². The van der Waals surface area contributed by atoms with Gasteiger partial charge in [0.05, 0.1) is 17.8 Å². The molecule has 2 aromatic heterocycles. The molecule has 0 bridgehead atoms. The normalized spacial score (nSPS) is 11.2. The molecule has 0 atom stereocenters. The molecule has 156 valence electrons. The van der Waals surface area contributed by atoms with Crippen molar-refractivity contribution in [2.24, 2.45) is 0 Å². The van der Waals surface area contributed by atoms with Crippen LogP contribution < -0.4 is 16.2 Å². The maximum atomic E-state index is 12.5. The molecule has 3 aromatic rings. The third-order valence-electron chi connectivity index (χ3n) is 3.98. The molecule has 1 aromatic carbocycles. The first kappa shape index (κ1) is 20.9. The zero-order valence-corrected chi connectivity index (χ0v) is 15.4. The molecule has 2 heterocycles. The summed E-state index contributed by atoms with van der Waals surface area (Å²) in [4.78, 5) is 36.3. The summed E-state index contributed by atoms with van der Waals surface area (Å²) in [6, 6.07) is 13.2. The van der Waals surface area contributed by atoms with Crippen LogP contribution in [0.15, 0.2) is 70.0 Å². The van der Waals surface area contributed by atoms with Crippen LogP contribution >= 0.6 is 0 Å². The Labute approximate surface area is 168 Å². The second kappa shape index (κ2) is 8.68. The number of hydrogen-bond donors (Lipinski definition) is 2. The first-order valence-electron chi connectivity index (χ1n) is 8.72. The molecular formula is C20H16F3N3O4. The van der Waals surface area contributed by atoms with Gasteiger partial charge in [0, 0.05) is 12.3 Å². The van der Waals surface area contributed by atoms with E-state index in [0.717, 1.165) is 0 Å². The van der Waals surface area contributed by atoms with Gasteiger partial charge in [0.1, 0.15) is 12.3 Å². The highest BCUT2D eigenvalue weighted by Gasteiger charge is 2.28. The number of rotatable bonds is 6. The Morgan fingerprint density at radius 3 is 2.43 bits per heavy atom. The van der Waals surface area contributed by atoms with Gasteiger partial charge in [-0.15, -0.1) is 0 Å². The molecule has 0 radical (unpaired) electrons. The van der Waals surface area contributed by atoms with E-state index < -0.39 is 24.5 Å². The number of alkyl halides is 3. The number of anilines is 1. The van der Waals surface area contributed by atoms with Crippen LogP contribution in [-0.4, -0.2) is 29.1 Å². The molecule has 0 spiro atoms. The fourth-order valence-electron chi connectivity index (χ4n) is 2.59. The molecule has 0 saturated carbocycles. The molecule has 3 rings (SSSR count). The number of carbonyl (C=O) groups excluding carboxylic acids is 2. The Morgan fingerprint density at radius 2 is 1.70 bits per heavy atom. The zero-order valence-electron chi connectivity index (χ0n) is 15.4. The number of carbonyl (C=O) groups is 2. The van der Waals surface area contributed by atoms with Crippen molar-refractivity contribution >= 4 is 17.5 Å². The highest BCUT2D eigenvalue weighted by Crippen LogP contribution is 2.19. The van der Waals surface area contributed by atoms with Gasteiger partial charge in [-0.1, -0.05) is 18.2 Å². The van der Waals surface area contributed by atoms with E-state index in [-0.39, 0.29) is 29.1 Å². The van der Waals surface area contributed by atoms with E-state index in [4.69, 9.17) is 4.42 Å². The van der Waals surface area contributed by atoms with Crippen molar-refractivity contribution in [2.45, 2.75) is 12.7 Å². The van der Waals surface area contributed by atoms with Crippen LogP contribution in [0.2, 0.25) is 0 Å². The lowest BCUT2D eigenvalue weighted by molar-refractivity contribution is -0.123. The fraction of sp³-hybridized carbons (Fsp3) is 0.150. The van der Waals surface area contributed by atoms with Crippen molar-refractivity contribution < 1.29 is 27.2 Å². The number of nitrogens with zero attached hydrogens (tertiary/aromatic N) is 1. The van der Waals surface area contributed by atoms with Crippen LogP contribution in [-0.2, 0) is 6.54 Å². The summed E-state index contributed by atoms with van der Waals surface area (Å²) in [5, 5.41) is 4.21. The van der Waals surface area contributed by atoms with Crippen LogP contribution in [0.5, 0.6) is 0 Å². The van der Waals surface area contributed by atoms with Crippen LogP contribution in [0.25, 0.3) is 0 Å². The lowest BCUT2D eigenvalue weighted by Gasteiger charge is -2.12. The third kappa shape index (κ3) is 5.37. The Kier molecular flexibility index (Phi) is 6.05. The van der Waals surface area contributed by atoms with Crippen molar-refractivity contribution in [1.82, 2.24) is 9.88 Å². The average Bonchev–Trinajstić information content (AvgIpc) is 3.16. The minimum Gasteiger partial charge on any atom is -0.454 e. The molecule has 0 fully saturated rings. The Morgan fingerprint density at radius 1 is 0.967 bits per heavy atom. The second-order valence-electron chi connectivity index (χ2n) is 6.23. The van der Waals surface area contributed by atoms with E-state index in [1.54, 1.807) is 23.6 Å². The number of nitrogens with one attached hydrogen (secondary N) is 2. The molecule has 0 aliphatic carbocycles. The van der Waals surface area contributed by atoms with Gasteiger partial charge in [-0.2, -0.15) is 13.2 Å². The number of benzene rings is 1. The first-order valence-corrected chi connectivity index (χ1v) is 8.72. The van der Waals surface area contributed by atoms with Crippen molar-refractivity contribution in [3.05, 3.63) is 88.2 Å². The van der Waals surface area contributed by atoms with Gasteiger partial charge in [-0.3, -0.25) is 14.4 Å². The number of furan rings is 1. The lowest BCUT2D eigenvalue weighted by atomic mass is 10.1. The lowest BCUT2D eigenvalue weighted by Crippen LogP contribution is -2.34. The molecule has 0 saturated heterocycles. The second-order valence-corrected chi connectivity index (χ2v) is 6.23. The Hall–Kier alpha value is -3.82. The summed E-state index contributed by atoms with van der Waals surface area (Å²) < 4.78 is 43.8. The van der Waals surface area contributed by atoms with Gasteiger partial charge in [0.2, 0.25) is 0 Å². The van der Waals surface area contributed by atoms with Crippen molar-refractivity contribution in [2.75, 3.05) is 11.9 Å². The maximum Gasteiger partial charge on any atom is 0.405 e. The standard InChI is InChI=1S/C20H16F3N3O4/c21-20(22,23)12-24-18(28)14-5-1-2-6-15(14)25-19(29)16-9-8-13(30-16)11-26-10-4-3-7-17(26)27/h1-10H,11-12H2,(H,24,28)(H,25,29). The largest absolute Gasteiger partial charge is 0.454 e. The van der Waals surface area contributed by atoms with E-state index >= 15 is 0 Å². The van der Waals surface area contributed by atoms with Crippen LogP contribution in [0.3, 0.4) is 0 Å². The number of halogens is 3. The van der Waals surface area contributed by atoms with E-state index in [1.807, 2.05) is 0 Å². The summed E-state index contributed by atoms with van der Waals surface area (Å²) in [5.41, 5.74) is -0.337. The Balaban J connectivity index is 1.71. The highest BCUT2D eigenvalue weighted by atomic mass is 19.4. The smallest absolute Gasteiger partial charge is 0.405 e. The van der Waals surface area contributed by atoms with Gasteiger partial charge in [0.25, 0.3) is 17.4 Å². The molecule has 0 unspecified atom stereocenters. The predicted octanol–water partition coefficient (Wildman–Crippen LogP) is 3.03. The summed E-state index contributed by atoms with van der Waals surface area (Å²) in [5.74, 6) is -1.41. The number of amides is 2. The van der Waals surface area contributed by atoms with E-state index in [1.165, 1.54) is 47.0 Å². The van der Waals surface area contributed by atoms with E-state index in [9.17, 15) is 27.6 Å². The van der Waals surface area contributed by atoms with Crippen molar-refractivity contribution in [1.29, 1.82) is 0 Å². The maximum absolute atomic E-state index is 12.5. The first-order chi connectivity index (χ1) is 14.2. The quantitative estimate of drug-likeness (QED) is 0.642. The van der Waals surface area contributed by atoms with Crippen LogP contribution in [0.1, 0.15) is 26.7 Å². The van der Waals surface area contributed by atoms with Crippen molar-refractivity contribution in [3.63, 3.8) is 0 Å². The van der Waals surface area contributed by atoms with Gasteiger partial charge in [0.15, 0.2) is 5.76 Å². The van der Waals surface area contributed by atoms with Crippen LogP contribution in [0.4, 0.5) is 18.9 Å². The summed E-state index contributed by atoms with van der Waals surface area (Å²) in [6.07, 6.45) is -2.99. The summed E-state index contributed by atoms with van der Waals surface area (Å²) >= 11 is 0. The molecular weight excluding hydrogens is 403 g/mol. The molecule has 0 aliphatic rings. The fourth-order valence-corrected chi connectivity index (χ4v) is 2.59. The zero-order chi connectivity index (χ0) is 21.7. The molecule has 30 heavy (non-hydrogen) atoms. The van der Waals surface area contributed by atoms with Crippen LogP contribution in [0, 0.1) is 0 Å². The Bertz CT molecular complexity index is 1120. The van der Waals surface area contributed by atoms with Gasteiger partial charge < -0.3 is 19.6 Å². The number of para-hydroxylation sites is 1. The van der Waals surface area contributed by atoms with E-state index in [0.29, 0.717) is 5.76 Å². The van der Waals surface area contributed by atoms with Gasteiger partial charge in [-0.05, 0) is 30.3 Å². The summed E-state index contributed by atoms with van der Waals surface area (Å²) in [6.45, 7) is -1.38. The van der Waals surface area contributed by atoms with Gasteiger partial charge >= 0.3 is 6.18 Å². The minimum absolute atomic E-state index is 0.0272. The number of hydrogen-bond acceptors (Lipinski definition) is 4. The predicted molar refractivity (Wildman–Crippen MR) is 101 cm³/mol. The third-order valence-corrected chi connectivity index (χ3v) is 3.98. The number of pyridine rings is 1. The SMILES string of the molecule is O=C(Nc1ccccc1C(=O)NCC(F)(F)F)c1ccc(Cn2ccccc2=O)o1. The number of aromatic nitrogens is 1. The van der Waals surface area contributed by atoms with E-state index in [2.05, 4.69) is 5.32 Å². The molecule has 2 amide bonds. The minimum atomic E-state index is -4.56. The molecule has 0 aliphatic heterocycles. The monoisotopic (exact) mass is 419 g/mol.